The molecule has 2 aliphatic rings. The number of carbonyl (C=O) groups excluding carboxylic acids is 2. The maximum absolute atomic E-state index is 13.5. The number of ether oxygens (including phenoxy) is 2. The zero-order valence-corrected chi connectivity index (χ0v) is 20.9. The number of methoxy groups -OCH3 is 1. The van der Waals surface area contributed by atoms with Crippen LogP contribution in [-0.2, 0) is 27.4 Å². The van der Waals surface area contributed by atoms with Crippen molar-refractivity contribution in [2.45, 2.75) is 45.3 Å². The number of likely N-dealkylation sites (tertiary alicyclic amines) is 1. The van der Waals surface area contributed by atoms with E-state index in [0.29, 0.717) is 13.1 Å². The van der Waals surface area contributed by atoms with Crippen LogP contribution in [0.15, 0.2) is 48.5 Å². The summed E-state index contributed by atoms with van der Waals surface area (Å²) in [6.45, 7) is 7.43. The average molecular weight is 480 g/mol. The van der Waals surface area contributed by atoms with E-state index in [4.69, 9.17) is 9.47 Å². The molecule has 1 N–H and O–H groups in total. The van der Waals surface area contributed by atoms with Crippen LogP contribution in [0.4, 0.5) is 0 Å². The lowest BCUT2D eigenvalue weighted by molar-refractivity contribution is -0.129. The number of nitrogens with one attached hydrogen (secondary N) is 1. The van der Waals surface area contributed by atoms with Crippen molar-refractivity contribution in [1.82, 2.24) is 15.1 Å². The molecule has 7 nitrogen and oxygen atoms in total. The van der Waals surface area contributed by atoms with Gasteiger partial charge in [-0.1, -0.05) is 49.7 Å². The van der Waals surface area contributed by atoms with Gasteiger partial charge in [-0.15, -0.1) is 0 Å². The quantitative estimate of drug-likeness (QED) is 0.565. The molecule has 2 atom stereocenters. The summed E-state index contributed by atoms with van der Waals surface area (Å²) in [5.74, 6) is 0.321. The lowest BCUT2D eigenvalue weighted by Crippen LogP contribution is -2.37. The summed E-state index contributed by atoms with van der Waals surface area (Å²) < 4.78 is 10.8. The highest BCUT2D eigenvalue weighted by Crippen LogP contribution is 2.39. The number of carbonyl (C=O) groups is 2. The van der Waals surface area contributed by atoms with Crippen LogP contribution in [0.3, 0.4) is 0 Å². The molecule has 0 bridgehead atoms. The molecule has 2 fully saturated rings. The lowest BCUT2D eigenvalue weighted by atomic mass is 9.92. The number of hydrogen-bond donors (Lipinski definition) is 1. The monoisotopic (exact) mass is 479 g/mol. The van der Waals surface area contributed by atoms with Gasteiger partial charge in [0.1, 0.15) is 5.75 Å². The largest absolute Gasteiger partial charge is 0.497 e. The topological polar surface area (TPSA) is 71.1 Å². The van der Waals surface area contributed by atoms with Crippen molar-refractivity contribution >= 4 is 11.8 Å². The molecule has 188 valence electrons. The van der Waals surface area contributed by atoms with Crippen molar-refractivity contribution in [3.8, 4) is 5.75 Å². The van der Waals surface area contributed by atoms with Crippen LogP contribution in [0.25, 0.3) is 0 Å². The molecule has 0 aromatic heterocycles. The first kappa shape index (κ1) is 25.2. The van der Waals surface area contributed by atoms with Crippen LogP contribution >= 0.6 is 0 Å². The summed E-state index contributed by atoms with van der Waals surface area (Å²) in [7, 11) is 1.63. The SMILES string of the molecule is CCCCN1C(=O)CC(C(=O)NCc2ccccc2CN2CCOCC2)C1c1ccc(OC)cc1. The van der Waals surface area contributed by atoms with Crippen LogP contribution in [0.2, 0.25) is 0 Å². The molecule has 0 saturated carbocycles. The van der Waals surface area contributed by atoms with Gasteiger partial charge in [0.15, 0.2) is 0 Å². The molecule has 0 aliphatic carbocycles. The zero-order valence-electron chi connectivity index (χ0n) is 20.9. The second kappa shape index (κ2) is 12.2. The highest BCUT2D eigenvalue weighted by atomic mass is 16.5. The Morgan fingerprint density at radius 3 is 2.49 bits per heavy atom. The Balaban J connectivity index is 1.48. The van der Waals surface area contributed by atoms with Gasteiger partial charge in [0.25, 0.3) is 0 Å². The minimum atomic E-state index is -0.417. The normalized spacial score (nSPS) is 20.7. The van der Waals surface area contributed by atoms with Gasteiger partial charge in [0, 0.05) is 39.1 Å². The van der Waals surface area contributed by atoms with Crippen LogP contribution in [0.5, 0.6) is 5.75 Å². The maximum atomic E-state index is 13.5. The van der Waals surface area contributed by atoms with Crippen molar-refractivity contribution in [3.63, 3.8) is 0 Å². The molecule has 2 aliphatic heterocycles. The van der Waals surface area contributed by atoms with E-state index in [2.05, 4.69) is 29.3 Å². The number of amides is 2. The van der Waals surface area contributed by atoms with E-state index in [1.807, 2.05) is 41.3 Å². The number of nitrogens with zero attached hydrogens (tertiary/aromatic N) is 2. The fourth-order valence-corrected chi connectivity index (χ4v) is 5.03. The Morgan fingerprint density at radius 1 is 1.09 bits per heavy atom. The van der Waals surface area contributed by atoms with Gasteiger partial charge in [0.2, 0.25) is 11.8 Å². The minimum Gasteiger partial charge on any atom is -0.497 e. The number of unbranched alkanes of at least 4 members (excludes halogenated alkanes) is 1. The fourth-order valence-electron chi connectivity index (χ4n) is 5.03. The van der Waals surface area contributed by atoms with Gasteiger partial charge in [0.05, 0.1) is 32.3 Å². The first-order chi connectivity index (χ1) is 17.1. The van der Waals surface area contributed by atoms with E-state index >= 15 is 0 Å². The summed E-state index contributed by atoms with van der Waals surface area (Å²) in [5.41, 5.74) is 3.30. The van der Waals surface area contributed by atoms with E-state index in [1.54, 1.807) is 7.11 Å². The summed E-state index contributed by atoms with van der Waals surface area (Å²) in [6.07, 6.45) is 2.15. The van der Waals surface area contributed by atoms with Crippen LogP contribution in [0.1, 0.15) is 48.9 Å². The third-order valence-corrected chi connectivity index (χ3v) is 7.05. The van der Waals surface area contributed by atoms with Gasteiger partial charge in [-0.05, 0) is 35.2 Å². The zero-order chi connectivity index (χ0) is 24.6. The summed E-state index contributed by atoms with van der Waals surface area (Å²) in [6, 6.07) is 15.7. The van der Waals surface area contributed by atoms with Gasteiger partial charge in [-0.2, -0.15) is 0 Å². The van der Waals surface area contributed by atoms with E-state index in [1.165, 1.54) is 5.56 Å². The highest BCUT2D eigenvalue weighted by molar-refractivity contribution is 5.90. The third kappa shape index (κ3) is 6.21. The second-order valence-corrected chi connectivity index (χ2v) is 9.34. The number of rotatable bonds is 10. The first-order valence-electron chi connectivity index (χ1n) is 12.7. The molecule has 2 aromatic rings. The van der Waals surface area contributed by atoms with Crippen LogP contribution in [-0.4, -0.2) is 61.6 Å². The highest BCUT2D eigenvalue weighted by Gasteiger charge is 2.44. The van der Waals surface area contributed by atoms with E-state index < -0.39 is 5.92 Å². The van der Waals surface area contributed by atoms with Gasteiger partial charge < -0.3 is 19.7 Å². The molecular weight excluding hydrogens is 442 g/mol. The summed E-state index contributed by atoms with van der Waals surface area (Å²) in [4.78, 5) is 30.7. The molecule has 2 heterocycles. The van der Waals surface area contributed by atoms with Crippen molar-refractivity contribution in [1.29, 1.82) is 0 Å². The van der Waals surface area contributed by atoms with E-state index in [0.717, 1.165) is 62.6 Å². The summed E-state index contributed by atoms with van der Waals surface area (Å²) in [5, 5.41) is 3.15. The fraction of sp³-hybridized carbons (Fsp3) is 0.500. The predicted molar refractivity (Wildman–Crippen MR) is 135 cm³/mol. The molecule has 0 radical (unpaired) electrons. The van der Waals surface area contributed by atoms with Crippen molar-refractivity contribution in [3.05, 3.63) is 65.2 Å². The molecule has 7 heteroatoms. The third-order valence-electron chi connectivity index (χ3n) is 7.05. The Labute approximate surface area is 208 Å². The van der Waals surface area contributed by atoms with E-state index in [-0.39, 0.29) is 24.3 Å². The van der Waals surface area contributed by atoms with Crippen molar-refractivity contribution in [2.24, 2.45) is 5.92 Å². The Hall–Kier alpha value is -2.90. The molecule has 2 aromatic carbocycles. The predicted octanol–water partition coefficient (Wildman–Crippen LogP) is 3.53. The number of benzene rings is 2. The van der Waals surface area contributed by atoms with Gasteiger partial charge in [-0.25, -0.2) is 0 Å². The van der Waals surface area contributed by atoms with E-state index in [9.17, 15) is 9.59 Å². The Bertz CT molecular complexity index is 988. The maximum Gasteiger partial charge on any atom is 0.226 e. The van der Waals surface area contributed by atoms with Crippen LogP contribution < -0.4 is 10.1 Å². The first-order valence-corrected chi connectivity index (χ1v) is 12.7. The molecule has 2 amide bonds. The molecule has 35 heavy (non-hydrogen) atoms. The number of morpholine rings is 1. The lowest BCUT2D eigenvalue weighted by Gasteiger charge is -2.29. The van der Waals surface area contributed by atoms with Crippen molar-refractivity contribution in [2.75, 3.05) is 40.0 Å². The Morgan fingerprint density at radius 2 is 1.80 bits per heavy atom. The number of hydrogen-bond acceptors (Lipinski definition) is 5. The molecule has 2 saturated heterocycles. The standard InChI is InChI=1S/C28H37N3O4/c1-3-4-13-31-26(32)18-25(27(31)21-9-11-24(34-2)12-10-21)28(33)29-19-22-7-5-6-8-23(22)20-30-14-16-35-17-15-30/h5-12,25,27H,3-4,13-20H2,1-2H3,(H,29,33). The summed E-state index contributed by atoms with van der Waals surface area (Å²) >= 11 is 0. The minimum absolute atomic E-state index is 0.0483. The second-order valence-electron chi connectivity index (χ2n) is 9.34. The Kier molecular flexibility index (Phi) is 8.77. The van der Waals surface area contributed by atoms with Gasteiger partial charge >= 0.3 is 0 Å². The molecule has 2 unspecified atom stereocenters. The molecule has 4 rings (SSSR count). The molecule has 0 spiro atoms. The van der Waals surface area contributed by atoms with Crippen LogP contribution in [0, 0.1) is 5.92 Å². The van der Waals surface area contributed by atoms with Gasteiger partial charge in [-0.3, -0.25) is 14.5 Å². The average Bonchev–Trinajstić information content (AvgIpc) is 3.23. The smallest absolute Gasteiger partial charge is 0.226 e. The molecular formula is C28H37N3O4. The van der Waals surface area contributed by atoms with Crippen molar-refractivity contribution < 1.29 is 19.1 Å².